The molecule has 0 unspecified atom stereocenters. The Morgan fingerprint density at radius 1 is 1.32 bits per heavy atom. The summed E-state index contributed by atoms with van der Waals surface area (Å²) in [7, 11) is 0. The van der Waals surface area contributed by atoms with E-state index in [0.717, 1.165) is 55.5 Å². The van der Waals surface area contributed by atoms with Crippen LogP contribution < -0.4 is 0 Å². The number of aromatic nitrogens is 3. The van der Waals surface area contributed by atoms with Gasteiger partial charge in [0.2, 0.25) is 0 Å². The van der Waals surface area contributed by atoms with Crippen LogP contribution in [0.2, 0.25) is 0 Å². The molecule has 5 nitrogen and oxygen atoms in total. The molecular formula is C16H22N4OS. The molecule has 0 saturated carbocycles. The third-order valence-corrected chi connectivity index (χ3v) is 4.68. The summed E-state index contributed by atoms with van der Waals surface area (Å²) in [6.07, 6.45) is 3.87. The smallest absolute Gasteiger partial charge is 0.115 e. The lowest BCUT2D eigenvalue weighted by atomic mass is 10.1. The highest BCUT2D eigenvalue weighted by molar-refractivity contribution is 7.09. The molecule has 2 aromatic rings. The molecule has 118 valence electrons. The van der Waals surface area contributed by atoms with Crippen molar-refractivity contribution in [2.45, 2.75) is 39.3 Å². The van der Waals surface area contributed by atoms with Gasteiger partial charge in [0.15, 0.2) is 0 Å². The van der Waals surface area contributed by atoms with Gasteiger partial charge in [0, 0.05) is 36.4 Å². The number of aryl methyl sites for hydroxylation is 3. The number of hydrogen-bond acceptors (Lipinski definition) is 6. The third-order valence-electron chi connectivity index (χ3n) is 3.86. The Hall–Kier alpha value is -1.37. The lowest BCUT2D eigenvalue weighted by Crippen LogP contribution is -2.42. The summed E-state index contributed by atoms with van der Waals surface area (Å²) < 4.78 is 5.90. The topological polar surface area (TPSA) is 51.1 Å². The zero-order valence-corrected chi connectivity index (χ0v) is 14.0. The van der Waals surface area contributed by atoms with E-state index in [1.54, 1.807) is 17.7 Å². The molecule has 0 N–H and O–H groups in total. The summed E-state index contributed by atoms with van der Waals surface area (Å²) in [5.74, 6) is 0. The Kier molecular flexibility index (Phi) is 5.12. The highest BCUT2D eigenvalue weighted by atomic mass is 32.1. The van der Waals surface area contributed by atoms with Crippen molar-refractivity contribution in [1.82, 2.24) is 19.9 Å². The summed E-state index contributed by atoms with van der Waals surface area (Å²) in [4.78, 5) is 15.5. The van der Waals surface area contributed by atoms with Gasteiger partial charge in [-0.15, -0.1) is 11.3 Å². The van der Waals surface area contributed by atoms with Crippen molar-refractivity contribution in [3.63, 3.8) is 0 Å². The van der Waals surface area contributed by atoms with Gasteiger partial charge in [-0.1, -0.05) is 0 Å². The van der Waals surface area contributed by atoms with Crippen LogP contribution in [0.5, 0.6) is 0 Å². The van der Waals surface area contributed by atoms with Crippen LogP contribution in [0.15, 0.2) is 17.8 Å². The summed E-state index contributed by atoms with van der Waals surface area (Å²) in [5, 5.41) is 3.29. The molecule has 1 fully saturated rings. The van der Waals surface area contributed by atoms with Crippen molar-refractivity contribution in [1.29, 1.82) is 0 Å². The van der Waals surface area contributed by atoms with E-state index in [-0.39, 0.29) is 6.10 Å². The number of morpholine rings is 1. The van der Waals surface area contributed by atoms with Gasteiger partial charge in [0.25, 0.3) is 0 Å². The first-order chi connectivity index (χ1) is 10.7. The minimum Gasteiger partial charge on any atom is -0.376 e. The van der Waals surface area contributed by atoms with Gasteiger partial charge < -0.3 is 4.74 Å². The lowest BCUT2D eigenvalue weighted by molar-refractivity contribution is -0.0349. The van der Waals surface area contributed by atoms with E-state index in [9.17, 15) is 0 Å². The number of nitrogens with zero attached hydrogens (tertiary/aromatic N) is 4. The first-order valence-electron chi connectivity index (χ1n) is 7.71. The van der Waals surface area contributed by atoms with Crippen LogP contribution in [-0.2, 0) is 17.7 Å². The molecule has 0 aliphatic carbocycles. The number of ether oxygens (including phenoxy) is 1. The van der Waals surface area contributed by atoms with Crippen LogP contribution in [0, 0.1) is 13.8 Å². The Morgan fingerprint density at radius 3 is 3.00 bits per heavy atom. The maximum atomic E-state index is 5.90. The average molecular weight is 318 g/mol. The Balaban J connectivity index is 1.50. The van der Waals surface area contributed by atoms with Crippen LogP contribution in [0.1, 0.15) is 28.5 Å². The molecule has 1 aliphatic heterocycles. The molecule has 0 aromatic carbocycles. The summed E-state index contributed by atoms with van der Waals surface area (Å²) >= 11 is 1.72. The van der Waals surface area contributed by atoms with Gasteiger partial charge in [-0.2, -0.15) is 0 Å². The molecular weight excluding hydrogens is 296 g/mol. The Morgan fingerprint density at radius 2 is 2.23 bits per heavy atom. The maximum Gasteiger partial charge on any atom is 0.115 e. The average Bonchev–Trinajstić information content (AvgIpc) is 2.91. The Bertz CT molecular complexity index is 616. The lowest BCUT2D eigenvalue weighted by Gasteiger charge is -2.32. The van der Waals surface area contributed by atoms with E-state index in [2.05, 4.69) is 38.2 Å². The molecule has 3 rings (SSSR count). The van der Waals surface area contributed by atoms with Crippen molar-refractivity contribution in [2.75, 3.05) is 19.7 Å². The zero-order valence-electron chi connectivity index (χ0n) is 13.2. The number of rotatable bonds is 5. The van der Waals surface area contributed by atoms with Crippen LogP contribution in [-0.4, -0.2) is 45.7 Å². The highest BCUT2D eigenvalue weighted by Gasteiger charge is 2.21. The second-order valence-corrected chi connectivity index (χ2v) is 6.84. The SMILES string of the molecule is Cc1cc(CC[C@@H]2CN(Cc3csc(C)n3)CCO2)ncn1. The normalized spacial score (nSPS) is 19.5. The van der Waals surface area contributed by atoms with Gasteiger partial charge in [-0.25, -0.2) is 15.0 Å². The molecule has 22 heavy (non-hydrogen) atoms. The van der Waals surface area contributed by atoms with Crippen molar-refractivity contribution >= 4 is 11.3 Å². The van der Waals surface area contributed by atoms with Crippen LogP contribution in [0.25, 0.3) is 0 Å². The quantitative estimate of drug-likeness (QED) is 0.847. The summed E-state index contributed by atoms with van der Waals surface area (Å²) in [6.45, 7) is 7.74. The molecule has 1 aliphatic rings. The first-order valence-corrected chi connectivity index (χ1v) is 8.59. The number of thiazole rings is 1. The van der Waals surface area contributed by atoms with Crippen molar-refractivity contribution in [3.8, 4) is 0 Å². The fraction of sp³-hybridized carbons (Fsp3) is 0.562. The first kappa shape index (κ1) is 15.5. The zero-order chi connectivity index (χ0) is 15.4. The van der Waals surface area contributed by atoms with E-state index < -0.39 is 0 Å². The summed E-state index contributed by atoms with van der Waals surface area (Å²) in [5.41, 5.74) is 3.30. The van der Waals surface area contributed by atoms with Gasteiger partial charge in [0.1, 0.15) is 6.33 Å². The van der Waals surface area contributed by atoms with Crippen LogP contribution in [0.4, 0.5) is 0 Å². The third kappa shape index (κ3) is 4.32. The number of hydrogen-bond donors (Lipinski definition) is 0. The van der Waals surface area contributed by atoms with Crippen molar-refractivity contribution < 1.29 is 4.74 Å². The molecule has 3 heterocycles. The molecule has 1 saturated heterocycles. The highest BCUT2D eigenvalue weighted by Crippen LogP contribution is 2.16. The minimum absolute atomic E-state index is 0.281. The monoisotopic (exact) mass is 318 g/mol. The maximum absolute atomic E-state index is 5.90. The van der Waals surface area contributed by atoms with E-state index in [1.807, 2.05) is 6.92 Å². The minimum atomic E-state index is 0.281. The molecule has 1 atom stereocenters. The predicted octanol–water partition coefficient (Wildman–Crippen LogP) is 2.38. The largest absolute Gasteiger partial charge is 0.376 e. The van der Waals surface area contributed by atoms with Gasteiger partial charge in [0.05, 0.1) is 23.4 Å². The molecule has 0 amide bonds. The van der Waals surface area contributed by atoms with Crippen molar-refractivity contribution in [3.05, 3.63) is 39.9 Å². The summed E-state index contributed by atoms with van der Waals surface area (Å²) in [6, 6.07) is 2.05. The van der Waals surface area contributed by atoms with Crippen LogP contribution >= 0.6 is 11.3 Å². The predicted molar refractivity (Wildman–Crippen MR) is 87.0 cm³/mol. The van der Waals surface area contributed by atoms with Gasteiger partial charge in [-0.05, 0) is 32.8 Å². The van der Waals surface area contributed by atoms with E-state index in [4.69, 9.17) is 4.74 Å². The second-order valence-electron chi connectivity index (χ2n) is 5.78. The van der Waals surface area contributed by atoms with Gasteiger partial charge >= 0.3 is 0 Å². The molecule has 0 bridgehead atoms. The molecule has 6 heteroatoms. The van der Waals surface area contributed by atoms with E-state index >= 15 is 0 Å². The second kappa shape index (κ2) is 7.26. The molecule has 0 radical (unpaired) electrons. The Labute approximate surface area is 135 Å². The molecule has 0 spiro atoms. The van der Waals surface area contributed by atoms with E-state index in [1.165, 1.54) is 5.69 Å². The molecule has 2 aromatic heterocycles. The van der Waals surface area contributed by atoms with Crippen LogP contribution in [0.3, 0.4) is 0 Å². The van der Waals surface area contributed by atoms with Crippen molar-refractivity contribution in [2.24, 2.45) is 0 Å². The standard InChI is InChI=1S/C16H22N4OS/c1-12-7-14(18-11-17-12)3-4-16-9-20(5-6-21-16)8-15-10-22-13(2)19-15/h7,10-11,16H,3-6,8-9H2,1-2H3/t16-/m1/s1. The van der Waals surface area contributed by atoms with E-state index in [0.29, 0.717) is 0 Å². The van der Waals surface area contributed by atoms with Gasteiger partial charge in [-0.3, -0.25) is 4.90 Å². The fourth-order valence-electron chi connectivity index (χ4n) is 2.76. The fourth-order valence-corrected chi connectivity index (χ4v) is 3.37.